The molecule has 1 unspecified atom stereocenters. The zero-order chi connectivity index (χ0) is 13.5. The van der Waals surface area contributed by atoms with Crippen LogP contribution >= 0.6 is 0 Å². The minimum atomic E-state index is -0.944. The van der Waals surface area contributed by atoms with Crippen LogP contribution in [0.25, 0.3) is 0 Å². The van der Waals surface area contributed by atoms with Crippen molar-refractivity contribution in [1.29, 1.82) is 0 Å². The Kier molecular flexibility index (Phi) is 2.90. The lowest BCUT2D eigenvalue weighted by Crippen LogP contribution is -2.50. The fourth-order valence-electron chi connectivity index (χ4n) is 2.94. The van der Waals surface area contributed by atoms with Gasteiger partial charge in [0, 0.05) is 6.54 Å². The van der Waals surface area contributed by atoms with E-state index in [0.717, 1.165) is 18.0 Å². The lowest BCUT2D eigenvalue weighted by Gasteiger charge is -2.25. The van der Waals surface area contributed by atoms with E-state index in [2.05, 4.69) is 5.32 Å². The molecule has 0 aromatic heterocycles. The Bertz CT molecular complexity index is 473. The minimum absolute atomic E-state index is 0.0642. The molecule has 1 aromatic carbocycles. The number of nitrogens with one attached hydrogen (secondary N) is 1. The van der Waals surface area contributed by atoms with Crippen LogP contribution in [0.2, 0.25) is 0 Å². The van der Waals surface area contributed by atoms with E-state index in [9.17, 15) is 4.79 Å². The Balaban J connectivity index is 1.63. The smallest absolute Gasteiger partial charge is 0.244 e. The van der Waals surface area contributed by atoms with E-state index >= 15 is 0 Å². The second kappa shape index (κ2) is 4.34. The Hall–Kier alpha value is -1.35. The largest absolute Gasteiger partial charge is 0.354 e. The second-order valence-electron chi connectivity index (χ2n) is 6.39. The number of carbonyl (C=O) groups excluding carboxylic acids is 1. The van der Waals surface area contributed by atoms with E-state index in [1.807, 2.05) is 30.3 Å². The third kappa shape index (κ3) is 2.39. The van der Waals surface area contributed by atoms with Gasteiger partial charge >= 0.3 is 0 Å². The molecule has 2 aliphatic rings. The molecule has 3 rings (SSSR count). The first-order valence-corrected chi connectivity index (χ1v) is 7.17. The van der Waals surface area contributed by atoms with Gasteiger partial charge in [-0.25, -0.2) is 0 Å². The van der Waals surface area contributed by atoms with Crippen molar-refractivity contribution in [2.45, 2.75) is 38.1 Å². The Morgan fingerprint density at radius 1 is 1.37 bits per heavy atom. The summed E-state index contributed by atoms with van der Waals surface area (Å²) in [5, 5.41) is 3.08. The van der Waals surface area contributed by atoms with Crippen molar-refractivity contribution >= 4 is 5.91 Å². The molecule has 0 spiro atoms. The summed E-state index contributed by atoms with van der Waals surface area (Å²) in [4.78, 5) is 12.3. The van der Waals surface area contributed by atoms with Gasteiger partial charge in [-0.2, -0.15) is 0 Å². The van der Waals surface area contributed by atoms with Crippen molar-refractivity contribution in [1.82, 2.24) is 5.32 Å². The van der Waals surface area contributed by atoms with E-state index in [4.69, 9.17) is 5.73 Å². The topological polar surface area (TPSA) is 55.1 Å². The molecule has 2 saturated carbocycles. The Morgan fingerprint density at radius 3 is 2.53 bits per heavy atom. The van der Waals surface area contributed by atoms with Gasteiger partial charge < -0.3 is 11.1 Å². The summed E-state index contributed by atoms with van der Waals surface area (Å²) in [5.41, 5.74) is 6.55. The standard InChI is InChI=1S/C16H22N2O/c1-15(17,12-5-3-2-4-6-12)14(19)18-11-16(9-10-16)13-7-8-13/h2-6,13H,7-11,17H2,1H3,(H,18,19). The van der Waals surface area contributed by atoms with Crippen LogP contribution in [0.15, 0.2) is 30.3 Å². The summed E-state index contributed by atoms with van der Waals surface area (Å²) in [5.74, 6) is 0.791. The Labute approximate surface area is 114 Å². The van der Waals surface area contributed by atoms with Gasteiger partial charge in [-0.1, -0.05) is 30.3 Å². The molecule has 2 fully saturated rings. The predicted molar refractivity (Wildman–Crippen MR) is 75.4 cm³/mol. The lowest BCUT2D eigenvalue weighted by atomic mass is 9.91. The van der Waals surface area contributed by atoms with E-state index in [1.165, 1.54) is 25.7 Å². The van der Waals surface area contributed by atoms with Crippen molar-refractivity contribution in [2.24, 2.45) is 17.1 Å². The van der Waals surface area contributed by atoms with Gasteiger partial charge in [0.25, 0.3) is 0 Å². The van der Waals surface area contributed by atoms with Crippen molar-refractivity contribution in [3.63, 3.8) is 0 Å². The molecule has 0 bridgehead atoms. The zero-order valence-electron chi connectivity index (χ0n) is 11.5. The SMILES string of the molecule is CC(N)(C(=O)NCC1(C2CC2)CC1)c1ccccc1. The van der Waals surface area contributed by atoms with E-state index in [-0.39, 0.29) is 5.91 Å². The molecule has 1 atom stereocenters. The quantitative estimate of drug-likeness (QED) is 0.850. The molecule has 2 aliphatic carbocycles. The van der Waals surface area contributed by atoms with Gasteiger partial charge in [-0.05, 0) is 49.5 Å². The third-order valence-electron chi connectivity index (χ3n) is 4.78. The summed E-state index contributed by atoms with van der Waals surface area (Å²) in [6.45, 7) is 2.59. The van der Waals surface area contributed by atoms with Gasteiger partial charge in [-0.15, -0.1) is 0 Å². The highest BCUT2D eigenvalue weighted by Gasteiger charge is 2.53. The maximum Gasteiger partial charge on any atom is 0.244 e. The average molecular weight is 258 g/mol. The zero-order valence-corrected chi connectivity index (χ0v) is 11.5. The van der Waals surface area contributed by atoms with E-state index < -0.39 is 5.54 Å². The average Bonchev–Trinajstić information content (AvgIpc) is 3.29. The van der Waals surface area contributed by atoms with Gasteiger partial charge in [0.2, 0.25) is 5.91 Å². The van der Waals surface area contributed by atoms with Crippen LogP contribution in [-0.2, 0) is 10.3 Å². The van der Waals surface area contributed by atoms with Gasteiger partial charge in [0.05, 0.1) is 0 Å². The molecular weight excluding hydrogens is 236 g/mol. The first kappa shape index (κ1) is 12.7. The molecule has 3 N–H and O–H groups in total. The van der Waals surface area contributed by atoms with Crippen LogP contribution < -0.4 is 11.1 Å². The molecular formula is C16H22N2O. The fraction of sp³-hybridized carbons (Fsp3) is 0.562. The van der Waals surface area contributed by atoms with Crippen LogP contribution in [0.3, 0.4) is 0 Å². The van der Waals surface area contributed by atoms with Crippen molar-refractivity contribution < 1.29 is 4.79 Å². The molecule has 0 heterocycles. The lowest BCUT2D eigenvalue weighted by molar-refractivity contribution is -0.126. The van der Waals surface area contributed by atoms with Crippen LogP contribution in [0.5, 0.6) is 0 Å². The molecule has 3 nitrogen and oxygen atoms in total. The summed E-state index contributed by atoms with van der Waals surface area (Å²) >= 11 is 0. The molecule has 0 aliphatic heterocycles. The first-order chi connectivity index (χ1) is 9.05. The van der Waals surface area contributed by atoms with Crippen LogP contribution in [-0.4, -0.2) is 12.5 Å². The number of hydrogen-bond donors (Lipinski definition) is 2. The van der Waals surface area contributed by atoms with Crippen molar-refractivity contribution in [3.05, 3.63) is 35.9 Å². The second-order valence-corrected chi connectivity index (χ2v) is 6.39. The van der Waals surface area contributed by atoms with Gasteiger partial charge in [0.15, 0.2) is 0 Å². The number of amides is 1. The molecule has 19 heavy (non-hydrogen) atoms. The van der Waals surface area contributed by atoms with E-state index in [0.29, 0.717) is 5.41 Å². The number of benzene rings is 1. The fourth-order valence-corrected chi connectivity index (χ4v) is 2.94. The number of nitrogens with two attached hydrogens (primary N) is 1. The van der Waals surface area contributed by atoms with Crippen LogP contribution in [0, 0.1) is 11.3 Å². The number of hydrogen-bond acceptors (Lipinski definition) is 2. The highest BCUT2D eigenvalue weighted by molar-refractivity contribution is 5.87. The molecule has 3 heteroatoms. The maximum absolute atomic E-state index is 12.3. The Morgan fingerprint density at radius 2 is 2.00 bits per heavy atom. The van der Waals surface area contributed by atoms with Gasteiger partial charge in [0.1, 0.15) is 5.54 Å². The molecule has 0 radical (unpaired) electrons. The number of carbonyl (C=O) groups is 1. The molecule has 102 valence electrons. The summed E-state index contributed by atoms with van der Waals surface area (Å²) < 4.78 is 0. The maximum atomic E-state index is 12.3. The minimum Gasteiger partial charge on any atom is -0.354 e. The summed E-state index contributed by atoms with van der Waals surface area (Å²) in [6, 6.07) is 9.59. The van der Waals surface area contributed by atoms with Crippen molar-refractivity contribution in [3.8, 4) is 0 Å². The highest BCUT2D eigenvalue weighted by atomic mass is 16.2. The van der Waals surface area contributed by atoms with Crippen LogP contribution in [0.4, 0.5) is 0 Å². The van der Waals surface area contributed by atoms with E-state index in [1.54, 1.807) is 6.92 Å². The monoisotopic (exact) mass is 258 g/mol. The third-order valence-corrected chi connectivity index (χ3v) is 4.78. The predicted octanol–water partition coefficient (Wildman–Crippen LogP) is 2.17. The van der Waals surface area contributed by atoms with Crippen molar-refractivity contribution in [2.75, 3.05) is 6.54 Å². The number of rotatable bonds is 5. The van der Waals surface area contributed by atoms with Crippen LogP contribution in [0.1, 0.15) is 38.2 Å². The highest BCUT2D eigenvalue weighted by Crippen LogP contribution is 2.60. The molecule has 0 saturated heterocycles. The van der Waals surface area contributed by atoms with Gasteiger partial charge in [-0.3, -0.25) is 4.79 Å². The summed E-state index contributed by atoms with van der Waals surface area (Å²) in [7, 11) is 0. The molecule has 1 amide bonds. The first-order valence-electron chi connectivity index (χ1n) is 7.17. The normalized spacial score (nSPS) is 23.5. The summed E-state index contributed by atoms with van der Waals surface area (Å²) in [6.07, 6.45) is 5.22. The molecule has 1 aromatic rings.